The van der Waals surface area contributed by atoms with Gasteiger partial charge in [0, 0.05) is 16.6 Å². The molecule has 0 saturated heterocycles. The zero-order chi connectivity index (χ0) is 21.8. The predicted octanol–water partition coefficient (Wildman–Crippen LogP) is 5.22. The molecule has 154 valence electrons. The summed E-state index contributed by atoms with van der Waals surface area (Å²) in [5.74, 6) is -1.43. The second kappa shape index (κ2) is 8.75. The third kappa shape index (κ3) is 4.59. The number of carbonyl (C=O) groups is 2. The molecule has 0 aliphatic carbocycles. The van der Waals surface area contributed by atoms with Crippen LogP contribution >= 0.6 is 0 Å². The quantitative estimate of drug-likeness (QED) is 0.455. The van der Waals surface area contributed by atoms with E-state index in [0.717, 1.165) is 0 Å². The molecule has 4 rings (SSSR count). The third-order valence-corrected chi connectivity index (χ3v) is 4.77. The molecule has 6 heteroatoms. The SMILES string of the molecule is C[C@@H](OC(=O)c1cc(-c2ccc(F)cc2)nc2ccccc12)C(=O)Nc1ccccc1. The van der Waals surface area contributed by atoms with Gasteiger partial charge in [-0.3, -0.25) is 4.79 Å². The van der Waals surface area contributed by atoms with Crippen molar-refractivity contribution in [3.05, 3.63) is 96.3 Å². The summed E-state index contributed by atoms with van der Waals surface area (Å²) in [6.45, 7) is 1.51. The standard InChI is InChI=1S/C25H19FN2O3/c1-16(24(29)27-19-7-3-2-4-8-19)31-25(30)21-15-23(17-11-13-18(26)14-12-17)28-22-10-6-5-9-20(21)22/h2-16H,1H3,(H,27,29)/t16-/m1/s1. The molecule has 0 unspecified atom stereocenters. The van der Waals surface area contributed by atoms with Crippen LogP contribution in [0.5, 0.6) is 0 Å². The van der Waals surface area contributed by atoms with Gasteiger partial charge in [-0.05, 0) is 55.5 Å². The van der Waals surface area contributed by atoms with Crippen molar-refractivity contribution in [2.24, 2.45) is 0 Å². The summed E-state index contributed by atoms with van der Waals surface area (Å²) >= 11 is 0. The highest BCUT2D eigenvalue weighted by molar-refractivity contribution is 6.06. The van der Waals surface area contributed by atoms with Gasteiger partial charge in [-0.25, -0.2) is 14.2 Å². The second-order valence-corrected chi connectivity index (χ2v) is 6.98. The van der Waals surface area contributed by atoms with Crippen LogP contribution in [0.25, 0.3) is 22.2 Å². The van der Waals surface area contributed by atoms with Gasteiger partial charge in [0.2, 0.25) is 0 Å². The second-order valence-electron chi connectivity index (χ2n) is 6.98. The number of anilines is 1. The minimum Gasteiger partial charge on any atom is -0.449 e. The smallest absolute Gasteiger partial charge is 0.339 e. The van der Waals surface area contributed by atoms with Crippen LogP contribution in [0, 0.1) is 5.82 Å². The lowest BCUT2D eigenvalue weighted by molar-refractivity contribution is -0.123. The summed E-state index contributed by atoms with van der Waals surface area (Å²) in [7, 11) is 0. The van der Waals surface area contributed by atoms with Crippen molar-refractivity contribution in [1.29, 1.82) is 0 Å². The minimum atomic E-state index is -1.01. The molecule has 0 radical (unpaired) electrons. The first-order chi connectivity index (χ1) is 15.0. The van der Waals surface area contributed by atoms with E-state index in [1.54, 1.807) is 60.7 Å². The third-order valence-electron chi connectivity index (χ3n) is 4.77. The molecule has 3 aromatic carbocycles. The van der Waals surface area contributed by atoms with Gasteiger partial charge in [0.1, 0.15) is 5.82 Å². The Labute approximate surface area is 178 Å². The molecular weight excluding hydrogens is 395 g/mol. The number of rotatable bonds is 5. The molecule has 0 saturated carbocycles. The molecule has 0 fully saturated rings. The average Bonchev–Trinajstić information content (AvgIpc) is 2.79. The topological polar surface area (TPSA) is 68.3 Å². The van der Waals surface area contributed by atoms with Crippen LogP contribution in [0.2, 0.25) is 0 Å². The van der Waals surface area contributed by atoms with E-state index in [1.165, 1.54) is 19.1 Å². The van der Waals surface area contributed by atoms with Gasteiger partial charge in [-0.1, -0.05) is 36.4 Å². The minimum absolute atomic E-state index is 0.282. The van der Waals surface area contributed by atoms with E-state index in [0.29, 0.717) is 27.8 Å². The van der Waals surface area contributed by atoms with Crippen LogP contribution in [0.15, 0.2) is 84.9 Å². The molecule has 1 atom stereocenters. The fourth-order valence-corrected chi connectivity index (χ4v) is 3.16. The summed E-state index contributed by atoms with van der Waals surface area (Å²) in [5, 5.41) is 3.32. The Bertz CT molecular complexity index is 1240. The van der Waals surface area contributed by atoms with Crippen LogP contribution in [0.1, 0.15) is 17.3 Å². The average molecular weight is 414 g/mol. The monoisotopic (exact) mass is 414 g/mol. The van der Waals surface area contributed by atoms with E-state index in [2.05, 4.69) is 10.3 Å². The first kappa shape index (κ1) is 20.2. The Hall–Kier alpha value is -4.06. The first-order valence-electron chi connectivity index (χ1n) is 9.74. The Morgan fingerprint density at radius 3 is 2.35 bits per heavy atom. The molecule has 0 aliphatic rings. The van der Waals surface area contributed by atoms with Gasteiger partial charge in [-0.15, -0.1) is 0 Å². The number of benzene rings is 3. The van der Waals surface area contributed by atoms with E-state index in [1.807, 2.05) is 12.1 Å². The molecule has 1 aromatic heterocycles. The van der Waals surface area contributed by atoms with E-state index in [-0.39, 0.29) is 11.4 Å². The Balaban J connectivity index is 1.62. The number of amides is 1. The zero-order valence-corrected chi connectivity index (χ0v) is 16.7. The number of hydrogen-bond acceptors (Lipinski definition) is 4. The summed E-state index contributed by atoms with van der Waals surface area (Å²) in [6, 6.07) is 23.5. The highest BCUT2D eigenvalue weighted by Gasteiger charge is 2.21. The summed E-state index contributed by atoms with van der Waals surface area (Å²) in [6.07, 6.45) is -1.01. The van der Waals surface area contributed by atoms with Gasteiger partial charge in [-0.2, -0.15) is 0 Å². The molecule has 0 bridgehead atoms. The Morgan fingerprint density at radius 2 is 1.61 bits per heavy atom. The summed E-state index contributed by atoms with van der Waals surface area (Å²) in [4.78, 5) is 30.0. The van der Waals surface area contributed by atoms with Crippen molar-refractivity contribution in [3.8, 4) is 11.3 Å². The number of para-hydroxylation sites is 2. The summed E-state index contributed by atoms with van der Waals surface area (Å²) in [5.41, 5.74) is 2.66. The van der Waals surface area contributed by atoms with Crippen molar-refractivity contribution in [1.82, 2.24) is 4.98 Å². The predicted molar refractivity (Wildman–Crippen MR) is 117 cm³/mol. The number of esters is 1. The van der Waals surface area contributed by atoms with Gasteiger partial charge in [0.25, 0.3) is 5.91 Å². The molecule has 1 heterocycles. The maximum atomic E-state index is 13.3. The number of pyridine rings is 1. The van der Waals surface area contributed by atoms with Crippen molar-refractivity contribution < 1.29 is 18.7 Å². The maximum absolute atomic E-state index is 13.3. The van der Waals surface area contributed by atoms with E-state index >= 15 is 0 Å². The number of carbonyl (C=O) groups excluding carboxylic acids is 2. The number of hydrogen-bond donors (Lipinski definition) is 1. The molecule has 5 nitrogen and oxygen atoms in total. The fraction of sp³-hybridized carbons (Fsp3) is 0.0800. The largest absolute Gasteiger partial charge is 0.449 e. The highest BCUT2D eigenvalue weighted by atomic mass is 19.1. The number of aromatic nitrogens is 1. The van der Waals surface area contributed by atoms with Crippen LogP contribution < -0.4 is 5.32 Å². The van der Waals surface area contributed by atoms with E-state index in [9.17, 15) is 14.0 Å². The molecule has 0 aliphatic heterocycles. The lowest BCUT2D eigenvalue weighted by Gasteiger charge is -2.15. The number of nitrogens with one attached hydrogen (secondary N) is 1. The number of fused-ring (bicyclic) bond motifs is 1. The number of ether oxygens (including phenoxy) is 1. The molecule has 1 amide bonds. The lowest BCUT2D eigenvalue weighted by Crippen LogP contribution is -2.30. The zero-order valence-electron chi connectivity index (χ0n) is 16.7. The fourth-order valence-electron chi connectivity index (χ4n) is 3.16. The molecule has 31 heavy (non-hydrogen) atoms. The van der Waals surface area contributed by atoms with Crippen LogP contribution in [-0.2, 0) is 9.53 Å². The molecule has 0 spiro atoms. The van der Waals surface area contributed by atoms with Gasteiger partial charge >= 0.3 is 5.97 Å². The number of nitrogens with zero attached hydrogens (tertiary/aromatic N) is 1. The lowest BCUT2D eigenvalue weighted by atomic mass is 10.0. The molecular formula is C25H19FN2O3. The van der Waals surface area contributed by atoms with E-state index < -0.39 is 18.0 Å². The van der Waals surface area contributed by atoms with Crippen molar-refractivity contribution in [2.75, 3.05) is 5.32 Å². The van der Waals surface area contributed by atoms with Crippen molar-refractivity contribution in [2.45, 2.75) is 13.0 Å². The number of halogens is 1. The normalized spacial score (nSPS) is 11.7. The van der Waals surface area contributed by atoms with Crippen molar-refractivity contribution >= 4 is 28.5 Å². The summed E-state index contributed by atoms with van der Waals surface area (Å²) < 4.78 is 18.8. The van der Waals surface area contributed by atoms with Gasteiger partial charge in [0.15, 0.2) is 6.10 Å². The first-order valence-corrected chi connectivity index (χ1v) is 9.74. The maximum Gasteiger partial charge on any atom is 0.339 e. The highest BCUT2D eigenvalue weighted by Crippen LogP contribution is 2.26. The van der Waals surface area contributed by atoms with Gasteiger partial charge in [0.05, 0.1) is 16.8 Å². The Morgan fingerprint density at radius 1 is 0.935 bits per heavy atom. The van der Waals surface area contributed by atoms with E-state index in [4.69, 9.17) is 4.74 Å². The van der Waals surface area contributed by atoms with Crippen LogP contribution in [0.3, 0.4) is 0 Å². The van der Waals surface area contributed by atoms with Crippen LogP contribution in [0.4, 0.5) is 10.1 Å². The Kier molecular flexibility index (Phi) is 5.71. The van der Waals surface area contributed by atoms with Gasteiger partial charge < -0.3 is 10.1 Å². The van der Waals surface area contributed by atoms with Crippen LogP contribution in [-0.4, -0.2) is 23.0 Å². The molecule has 1 N–H and O–H groups in total. The van der Waals surface area contributed by atoms with Crippen molar-refractivity contribution in [3.63, 3.8) is 0 Å². The molecule has 4 aromatic rings.